The van der Waals surface area contributed by atoms with Crippen LogP contribution in [-0.2, 0) is 15.1 Å². The Hall–Kier alpha value is -2.56. The highest BCUT2D eigenvalue weighted by molar-refractivity contribution is 7.18. The van der Waals surface area contributed by atoms with E-state index in [4.69, 9.17) is 33.7 Å². The van der Waals surface area contributed by atoms with Crippen molar-refractivity contribution in [2.75, 3.05) is 12.4 Å². The number of nitrogens with one attached hydrogen (secondary N) is 2. The molecule has 1 fully saturated rings. The van der Waals surface area contributed by atoms with E-state index in [-0.39, 0.29) is 26.6 Å². The van der Waals surface area contributed by atoms with Gasteiger partial charge in [-0.05, 0) is 47.7 Å². The normalized spacial score (nSPS) is 23.1. The van der Waals surface area contributed by atoms with Gasteiger partial charge in [0.1, 0.15) is 16.5 Å². The zero-order valence-electron chi connectivity index (χ0n) is 21.8. The highest BCUT2D eigenvalue weighted by Gasteiger charge is 2.58. The lowest BCUT2D eigenvalue weighted by molar-refractivity contribution is -0.118. The second kappa shape index (κ2) is 11.1. The second-order valence-electron chi connectivity index (χ2n) is 10.8. The first-order valence-electron chi connectivity index (χ1n) is 12.2. The van der Waals surface area contributed by atoms with Crippen LogP contribution in [0.4, 0.5) is 13.8 Å². The summed E-state index contributed by atoms with van der Waals surface area (Å²) in [6, 6.07) is 9.96. The number of thiophene rings is 1. The molecule has 0 spiro atoms. The third-order valence-corrected chi connectivity index (χ3v) is 8.37. The van der Waals surface area contributed by atoms with Crippen molar-refractivity contribution in [2.24, 2.45) is 11.1 Å². The van der Waals surface area contributed by atoms with Crippen LogP contribution < -0.4 is 16.4 Å². The number of rotatable bonds is 6. The van der Waals surface area contributed by atoms with E-state index in [0.717, 1.165) is 17.4 Å². The Bertz CT molecular complexity index is 1410. The van der Waals surface area contributed by atoms with E-state index in [1.807, 2.05) is 20.8 Å². The fourth-order valence-electron chi connectivity index (χ4n) is 5.22. The van der Waals surface area contributed by atoms with Gasteiger partial charge in [0, 0.05) is 22.5 Å². The molecule has 1 aliphatic rings. The number of ether oxygens (including phenoxy) is 1. The summed E-state index contributed by atoms with van der Waals surface area (Å²) in [5.74, 6) is -3.55. The maximum atomic E-state index is 15.6. The number of amides is 1. The zero-order chi connectivity index (χ0) is 28.7. The molecule has 2 aromatic carbocycles. The van der Waals surface area contributed by atoms with E-state index in [9.17, 15) is 9.59 Å². The van der Waals surface area contributed by atoms with Gasteiger partial charge in [-0.2, -0.15) is 0 Å². The number of methoxy groups -OCH3 is 1. The number of halogens is 4. The molecule has 4 N–H and O–H groups in total. The van der Waals surface area contributed by atoms with Crippen molar-refractivity contribution >= 4 is 51.4 Å². The summed E-state index contributed by atoms with van der Waals surface area (Å²) in [7, 11) is 1.26. The van der Waals surface area contributed by atoms with Crippen molar-refractivity contribution in [3.05, 3.63) is 86.2 Å². The summed E-state index contributed by atoms with van der Waals surface area (Å²) < 4.78 is 35.9. The molecule has 1 aromatic heterocycles. The first kappa shape index (κ1) is 29.4. The Balaban J connectivity index is 1.87. The number of hydrogen-bond donors (Lipinski definition) is 3. The Morgan fingerprint density at radius 1 is 1.15 bits per heavy atom. The molecule has 208 valence electrons. The van der Waals surface area contributed by atoms with Gasteiger partial charge in [-0.3, -0.25) is 4.79 Å². The molecule has 0 bridgehead atoms. The lowest BCUT2D eigenvalue weighted by Crippen LogP contribution is -2.52. The Morgan fingerprint density at radius 2 is 1.87 bits per heavy atom. The molecule has 11 heteroatoms. The van der Waals surface area contributed by atoms with Crippen molar-refractivity contribution in [1.29, 1.82) is 0 Å². The fourth-order valence-corrected chi connectivity index (χ4v) is 6.39. The minimum atomic E-state index is -1.58. The van der Waals surface area contributed by atoms with Crippen molar-refractivity contribution < 1.29 is 23.1 Å². The average molecular weight is 597 g/mol. The number of anilines is 1. The Morgan fingerprint density at radius 3 is 2.51 bits per heavy atom. The van der Waals surface area contributed by atoms with Crippen LogP contribution in [0.5, 0.6) is 0 Å². The van der Waals surface area contributed by atoms with Crippen LogP contribution in [0.25, 0.3) is 0 Å². The van der Waals surface area contributed by atoms with Gasteiger partial charge in [0.25, 0.3) is 0 Å². The molecule has 0 saturated carbocycles. The third kappa shape index (κ3) is 5.83. The van der Waals surface area contributed by atoms with Crippen LogP contribution in [0.1, 0.15) is 53.9 Å². The number of hydrogen-bond acceptors (Lipinski definition) is 6. The maximum Gasteiger partial charge on any atom is 0.348 e. The minimum absolute atomic E-state index is 0.0739. The predicted molar refractivity (Wildman–Crippen MR) is 150 cm³/mol. The number of benzene rings is 2. The minimum Gasteiger partial charge on any atom is -0.465 e. The van der Waals surface area contributed by atoms with Crippen LogP contribution in [0, 0.1) is 17.0 Å². The van der Waals surface area contributed by atoms with Crippen LogP contribution in [0.2, 0.25) is 10.0 Å². The SMILES string of the molecule is COC(=O)c1ccc(NC(=O)[C@@H]2N[C@@H](CC(C)(C)C)[C@](N)(c3ccc(Cl)cc3F)[C@H]2c2cccc(Cl)c2F)s1. The molecule has 1 amide bonds. The quantitative estimate of drug-likeness (QED) is 0.284. The van der Waals surface area contributed by atoms with Crippen molar-refractivity contribution in [2.45, 2.75) is 50.7 Å². The van der Waals surface area contributed by atoms with Gasteiger partial charge in [-0.1, -0.05) is 62.2 Å². The van der Waals surface area contributed by atoms with Crippen LogP contribution in [0.15, 0.2) is 48.5 Å². The smallest absolute Gasteiger partial charge is 0.348 e. The highest BCUT2D eigenvalue weighted by atomic mass is 35.5. The van der Waals surface area contributed by atoms with Crippen molar-refractivity contribution in [3.63, 3.8) is 0 Å². The van der Waals surface area contributed by atoms with Crippen LogP contribution in [0.3, 0.4) is 0 Å². The molecule has 0 aliphatic carbocycles. The van der Waals surface area contributed by atoms with Gasteiger partial charge in [-0.15, -0.1) is 11.3 Å². The predicted octanol–water partition coefficient (Wildman–Crippen LogP) is 6.47. The fraction of sp³-hybridized carbons (Fsp3) is 0.357. The lowest BCUT2D eigenvalue weighted by atomic mass is 9.68. The molecule has 2 heterocycles. The molecule has 39 heavy (non-hydrogen) atoms. The molecule has 3 aromatic rings. The standard InChI is InChI=1S/C28H29Cl2F2N3O3S/c1-27(2,3)13-20-28(33,16-9-8-14(29)12-18(16)31)22(15-6-5-7-17(30)23(15)32)24(34-20)25(36)35-21-11-10-19(39-21)26(37)38-4/h5-12,20,22,24,34H,13,33H2,1-4H3,(H,35,36)/t20-,22-,24+,28+/m0/s1. The van der Waals surface area contributed by atoms with Gasteiger partial charge in [-0.25, -0.2) is 13.6 Å². The van der Waals surface area contributed by atoms with Gasteiger partial charge < -0.3 is 21.1 Å². The monoisotopic (exact) mass is 595 g/mol. The van der Waals surface area contributed by atoms with Gasteiger partial charge in [0.15, 0.2) is 0 Å². The summed E-state index contributed by atoms with van der Waals surface area (Å²) in [6.45, 7) is 5.99. The van der Waals surface area contributed by atoms with Crippen molar-refractivity contribution in [1.82, 2.24) is 5.32 Å². The zero-order valence-corrected chi connectivity index (χ0v) is 24.1. The molecule has 0 unspecified atom stereocenters. The largest absolute Gasteiger partial charge is 0.465 e. The highest BCUT2D eigenvalue weighted by Crippen LogP contribution is 2.50. The Kier molecular flexibility index (Phi) is 8.40. The number of nitrogens with two attached hydrogens (primary N) is 1. The first-order chi connectivity index (χ1) is 18.3. The maximum absolute atomic E-state index is 15.6. The van der Waals surface area contributed by atoms with E-state index < -0.39 is 47.1 Å². The first-order valence-corrected chi connectivity index (χ1v) is 13.8. The molecule has 1 aliphatic heterocycles. The molecule has 0 radical (unpaired) electrons. The van der Waals surface area contributed by atoms with E-state index in [2.05, 4.69) is 10.6 Å². The van der Waals surface area contributed by atoms with E-state index in [1.54, 1.807) is 12.1 Å². The molecule has 4 rings (SSSR count). The second-order valence-corrected chi connectivity index (χ2v) is 12.7. The number of carbonyl (C=O) groups excluding carboxylic acids is 2. The summed E-state index contributed by atoms with van der Waals surface area (Å²) >= 11 is 13.2. The molecular formula is C28H29Cl2F2N3O3S. The molecular weight excluding hydrogens is 567 g/mol. The molecule has 6 nitrogen and oxygen atoms in total. The lowest BCUT2D eigenvalue weighted by Gasteiger charge is -2.40. The van der Waals surface area contributed by atoms with Crippen LogP contribution in [-0.4, -0.2) is 31.1 Å². The van der Waals surface area contributed by atoms with Gasteiger partial charge in [0.2, 0.25) is 5.91 Å². The topological polar surface area (TPSA) is 93.4 Å². The average Bonchev–Trinajstić information content (AvgIpc) is 3.42. The summed E-state index contributed by atoms with van der Waals surface area (Å²) in [4.78, 5) is 26.0. The van der Waals surface area contributed by atoms with E-state index in [0.29, 0.717) is 16.3 Å². The third-order valence-electron chi connectivity index (χ3n) is 6.86. The number of esters is 1. The van der Waals surface area contributed by atoms with Crippen molar-refractivity contribution in [3.8, 4) is 0 Å². The Labute approximate surface area is 239 Å². The van der Waals surface area contributed by atoms with Crippen LogP contribution >= 0.6 is 34.5 Å². The summed E-state index contributed by atoms with van der Waals surface area (Å²) in [5.41, 5.74) is 5.46. The molecule has 4 atom stereocenters. The van der Waals surface area contributed by atoms with E-state index in [1.165, 1.54) is 37.4 Å². The number of carbonyl (C=O) groups is 2. The van der Waals surface area contributed by atoms with E-state index >= 15 is 8.78 Å². The molecule has 1 saturated heterocycles. The summed E-state index contributed by atoms with van der Waals surface area (Å²) in [5, 5.41) is 6.51. The summed E-state index contributed by atoms with van der Waals surface area (Å²) in [6.07, 6.45) is 0.430. The van der Waals surface area contributed by atoms with Gasteiger partial charge >= 0.3 is 5.97 Å². The van der Waals surface area contributed by atoms with Gasteiger partial charge in [0.05, 0.1) is 28.7 Å².